The highest BCUT2D eigenvalue weighted by atomic mass is 16.5. The molecular formula is C20H32N6O. The van der Waals surface area contributed by atoms with Gasteiger partial charge in [0.1, 0.15) is 17.9 Å². The first kappa shape index (κ1) is 20.7. The van der Waals surface area contributed by atoms with E-state index in [4.69, 9.17) is 4.74 Å². The van der Waals surface area contributed by atoms with Gasteiger partial charge in [0.25, 0.3) is 0 Å². The van der Waals surface area contributed by atoms with Gasteiger partial charge in [-0.2, -0.15) is 5.10 Å². The molecular weight excluding hydrogens is 340 g/mol. The Hall–Kier alpha value is -2.57. The molecule has 27 heavy (non-hydrogen) atoms. The average molecular weight is 373 g/mol. The van der Waals surface area contributed by atoms with Crippen molar-refractivity contribution < 1.29 is 4.74 Å². The summed E-state index contributed by atoms with van der Waals surface area (Å²) in [6, 6.07) is 6.31. The van der Waals surface area contributed by atoms with Crippen LogP contribution < -0.4 is 15.4 Å². The van der Waals surface area contributed by atoms with E-state index < -0.39 is 0 Å². The van der Waals surface area contributed by atoms with Gasteiger partial charge in [0, 0.05) is 26.2 Å². The maximum atomic E-state index is 6.22. The van der Waals surface area contributed by atoms with Gasteiger partial charge >= 0.3 is 0 Å². The van der Waals surface area contributed by atoms with Crippen LogP contribution in [0.1, 0.15) is 44.1 Å². The van der Waals surface area contributed by atoms with Gasteiger partial charge in [0.15, 0.2) is 5.96 Å². The quantitative estimate of drug-likeness (QED) is 0.550. The lowest BCUT2D eigenvalue weighted by molar-refractivity contribution is 0.191. The Labute approximate surface area is 162 Å². The molecule has 7 nitrogen and oxygen atoms in total. The first-order chi connectivity index (χ1) is 12.9. The molecule has 0 aliphatic heterocycles. The fourth-order valence-electron chi connectivity index (χ4n) is 2.89. The molecule has 0 aliphatic rings. The van der Waals surface area contributed by atoms with Crippen LogP contribution in [0, 0.1) is 12.8 Å². The molecule has 0 spiro atoms. The van der Waals surface area contributed by atoms with E-state index in [2.05, 4.69) is 71.6 Å². The van der Waals surface area contributed by atoms with E-state index in [1.54, 1.807) is 18.1 Å². The molecule has 1 atom stereocenters. The maximum absolute atomic E-state index is 6.22. The lowest BCUT2D eigenvalue weighted by Crippen LogP contribution is -2.37. The predicted molar refractivity (Wildman–Crippen MR) is 109 cm³/mol. The largest absolute Gasteiger partial charge is 0.490 e. The van der Waals surface area contributed by atoms with E-state index >= 15 is 0 Å². The number of aromatic nitrogens is 3. The van der Waals surface area contributed by atoms with Gasteiger partial charge in [-0.15, -0.1) is 0 Å². The number of benzene rings is 1. The monoisotopic (exact) mass is 372 g/mol. The second-order valence-electron chi connectivity index (χ2n) is 7.25. The fourth-order valence-corrected chi connectivity index (χ4v) is 2.89. The Morgan fingerprint density at radius 3 is 2.59 bits per heavy atom. The molecule has 7 heteroatoms. The summed E-state index contributed by atoms with van der Waals surface area (Å²) in [6.45, 7) is 9.82. The number of hydrogen-bond acceptors (Lipinski definition) is 4. The van der Waals surface area contributed by atoms with Crippen LogP contribution in [-0.2, 0) is 20.1 Å². The highest BCUT2D eigenvalue weighted by molar-refractivity contribution is 5.79. The number of nitrogens with zero attached hydrogens (tertiary/aromatic N) is 4. The van der Waals surface area contributed by atoms with Crippen molar-refractivity contribution in [3.8, 4) is 5.75 Å². The molecule has 0 radical (unpaired) electrons. The second-order valence-corrected chi connectivity index (χ2v) is 7.25. The molecule has 0 saturated heterocycles. The summed E-state index contributed by atoms with van der Waals surface area (Å²) < 4.78 is 7.95. The van der Waals surface area contributed by atoms with E-state index in [0.29, 0.717) is 25.0 Å². The Morgan fingerprint density at radius 1 is 1.22 bits per heavy atom. The summed E-state index contributed by atoms with van der Waals surface area (Å²) in [5.41, 5.74) is 2.30. The lowest BCUT2D eigenvalue weighted by atomic mass is 10.1. The van der Waals surface area contributed by atoms with Gasteiger partial charge in [0.05, 0.1) is 12.6 Å². The molecule has 1 unspecified atom stereocenters. The molecule has 148 valence electrons. The van der Waals surface area contributed by atoms with E-state index in [1.807, 2.05) is 7.05 Å². The minimum absolute atomic E-state index is 0.180. The molecule has 2 rings (SSSR count). The van der Waals surface area contributed by atoms with Gasteiger partial charge in [-0.05, 0) is 37.8 Å². The zero-order chi connectivity index (χ0) is 19.8. The molecule has 0 aliphatic carbocycles. The number of rotatable bonds is 8. The van der Waals surface area contributed by atoms with Crippen LogP contribution in [0.5, 0.6) is 5.75 Å². The van der Waals surface area contributed by atoms with Gasteiger partial charge < -0.3 is 15.4 Å². The number of guanidine groups is 1. The van der Waals surface area contributed by atoms with Crippen molar-refractivity contribution in [2.24, 2.45) is 18.0 Å². The number of hydrogen-bond donors (Lipinski definition) is 2. The van der Waals surface area contributed by atoms with Crippen molar-refractivity contribution in [2.75, 3.05) is 7.05 Å². The van der Waals surface area contributed by atoms with E-state index in [9.17, 15) is 0 Å². The van der Waals surface area contributed by atoms with Crippen LogP contribution in [-0.4, -0.2) is 33.9 Å². The number of nitrogens with one attached hydrogen (secondary N) is 2. The summed E-state index contributed by atoms with van der Waals surface area (Å²) in [7, 11) is 3.62. The van der Waals surface area contributed by atoms with Gasteiger partial charge in [-0.1, -0.05) is 26.0 Å². The van der Waals surface area contributed by atoms with Crippen molar-refractivity contribution in [2.45, 2.75) is 53.3 Å². The molecule has 1 heterocycles. The lowest BCUT2D eigenvalue weighted by Gasteiger charge is -2.20. The van der Waals surface area contributed by atoms with Crippen molar-refractivity contribution in [1.82, 2.24) is 25.4 Å². The average Bonchev–Trinajstić information content (AvgIpc) is 3.01. The zero-order valence-corrected chi connectivity index (χ0v) is 17.3. The third-order valence-corrected chi connectivity index (χ3v) is 4.24. The van der Waals surface area contributed by atoms with Crippen molar-refractivity contribution in [3.63, 3.8) is 0 Å². The standard InChI is InChI=1S/C20H32N6O/c1-14(2)9-16(4)27-18-10-15(3)7-8-17(18)11-22-20(21-5)23-12-19-24-13-25-26(19)6/h7-8,10,13-14,16H,9,11-12H2,1-6H3,(H2,21,22,23). The SMILES string of the molecule is CN=C(NCc1ccc(C)cc1OC(C)CC(C)C)NCc1ncnn1C. The minimum atomic E-state index is 0.180. The zero-order valence-electron chi connectivity index (χ0n) is 17.3. The Bertz CT molecular complexity index is 753. The van der Waals surface area contributed by atoms with Crippen molar-refractivity contribution in [3.05, 3.63) is 41.5 Å². The predicted octanol–water partition coefficient (Wildman–Crippen LogP) is 2.80. The number of aryl methyl sites for hydroxylation is 2. The van der Waals surface area contributed by atoms with Crippen LogP contribution >= 0.6 is 0 Å². The Morgan fingerprint density at radius 2 is 1.96 bits per heavy atom. The summed E-state index contributed by atoms with van der Waals surface area (Å²) >= 11 is 0. The molecule has 2 N–H and O–H groups in total. The van der Waals surface area contributed by atoms with Crippen LogP contribution in [0.15, 0.2) is 29.5 Å². The smallest absolute Gasteiger partial charge is 0.191 e. The third kappa shape index (κ3) is 6.58. The molecule has 0 saturated carbocycles. The first-order valence-corrected chi connectivity index (χ1v) is 9.42. The summed E-state index contributed by atoms with van der Waals surface area (Å²) in [6.07, 6.45) is 2.75. The molecule has 1 aromatic heterocycles. The Balaban J connectivity index is 1.97. The van der Waals surface area contributed by atoms with E-state index in [-0.39, 0.29) is 6.10 Å². The molecule has 0 amide bonds. The van der Waals surface area contributed by atoms with E-state index in [1.165, 1.54) is 5.56 Å². The van der Waals surface area contributed by atoms with Gasteiger partial charge in [-0.25, -0.2) is 4.98 Å². The molecule has 1 aromatic carbocycles. The van der Waals surface area contributed by atoms with Crippen molar-refractivity contribution in [1.29, 1.82) is 0 Å². The van der Waals surface area contributed by atoms with Gasteiger partial charge in [-0.3, -0.25) is 9.67 Å². The number of ether oxygens (including phenoxy) is 1. The second kappa shape index (κ2) is 9.94. The normalized spacial score (nSPS) is 12.9. The Kier molecular flexibility index (Phi) is 7.64. The fraction of sp³-hybridized carbons (Fsp3) is 0.550. The third-order valence-electron chi connectivity index (χ3n) is 4.24. The number of aliphatic imine (C=N–C) groups is 1. The van der Waals surface area contributed by atoms with Crippen LogP contribution in [0.2, 0.25) is 0 Å². The summed E-state index contributed by atoms with van der Waals surface area (Å²) in [5.74, 6) is 3.09. The van der Waals surface area contributed by atoms with Crippen LogP contribution in [0.3, 0.4) is 0 Å². The molecule has 2 aromatic rings. The molecule has 0 fully saturated rings. The van der Waals surface area contributed by atoms with Crippen molar-refractivity contribution >= 4 is 5.96 Å². The molecule has 0 bridgehead atoms. The maximum Gasteiger partial charge on any atom is 0.191 e. The van der Waals surface area contributed by atoms with Crippen LogP contribution in [0.25, 0.3) is 0 Å². The topological polar surface area (TPSA) is 76.4 Å². The highest BCUT2D eigenvalue weighted by Gasteiger charge is 2.11. The highest BCUT2D eigenvalue weighted by Crippen LogP contribution is 2.23. The summed E-state index contributed by atoms with van der Waals surface area (Å²) in [4.78, 5) is 8.48. The minimum Gasteiger partial charge on any atom is -0.490 e. The first-order valence-electron chi connectivity index (χ1n) is 9.42. The van der Waals surface area contributed by atoms with Gasteiger partial charge in [0.2, 0.25) is 0 Å². The summed E-state index contributed by atoms with van der Waals surface area (Å²) in [5, 5.41) is 10.7. The van der Waals surface area contributed by atoms with E-state index in [0.717, 1.165) is 23.6 Å². The van der Waals surface area contributed by atoms with Crippen LogP contribution in [0.4, 0.5) is 0 Å².